The average Bonchev–Trinajstić information content (AvgIpc) is 2.57. The standard InChI is InChI=1S/C17H13FN4O2/c18-15-10-13(23)6-7-14(15)16(24)21-11-2-4-12(5-3-11)22-17-19-8-1-9-20-17/h1-10,23H,(H,21,24)(H,19,20,22). The van der Waals surface area contributed by atoms with Gasteiger partial charge in [-0.15, -0.1) is 0 Å². The number of phenols is 1. The molecular formula is C17H13FN4O2. The highest BCUT2D eigenvalue weighted by Crippen LogP contribution is 2.19. The van der Waals surface area contributed by atoms with Crippen LogP contribution in [0.3, 0.4) is 0 Å². The van der Waals surface area contributed by atoms with Gasteiger partial charge in [-0.3, -0.25) is 4.79 Å². The van der Waals surface area contributed by atoms with Gasteiger partial charge in [0.05, 0.1) is 5.56 Å². The van der Waals surface area contributed by atoms with Crippen molar-refractivity contribution < 1.29 is 14.3 Å². The number of amides is 1. The van der Waals surface area contributed by atoms with Crippen molar-refractivity contribution in [3.8, 4) is 5.75 Å². The van der Waals surface area contributed by atoms with Gasteiger partial charge in [0.1, 0.15) is 11.6 Å². The summed E-state index contributed by atoms with van der Waals surface area (Å²) < 4.78 is 13.7. The fourth-order valence-corrected chi connectivity index (χ4v) is 2.02. The van der Waals surface area contributed by atoms with Gasteiger partial charge in [0.2, 0.25) is 5.95 Å². The Morgan fingerprint density at radius 1 is 1.00 bits per heavy atom. The van der Waals surface area contributed by atoms with Crippen LogP contribution in [0.5, 0.6) is 5.75 Å². The molecule has 0 aliphatic rings. The van der Waals surface area contributed by atoms with E-state index in [0.29, 0.717) is 11.6 Å². The van der Waals surface area contributed by atoms with Gasteiger partial charge in [-0.25, -0.2) is 14.4 Å². The Bertz CT molecular complexity index is 854. The summed E-state index contributed by atoms with van der Waals surface area (Å²) in [6, 6.07) is 11.9. The van der Waals surface area contributed by atoms with Crippen LogP contribution >= 0.6 is 0 Å². The second-order valence-electron chi connectivity index (χ2n) is 4.89. The van der Waals surface area contributed by atoms with Gasteiger partial charge >= 0.3 is 0 Å². The summed E-state index contributed by atoms with van der Waals surface area (Å²) in [6.45, 7) is 0. The van der Waals surface area contributed by atoms with E-state index in [1.807, 2.05) is 0 Å². The molecular weight excluding hydrogens is 311 g/mol. The van der Waals surface area contributed by atoms with Crippen molar-refractivity contribution in [2.24, 2.45) is 0 Å². The molecule has 6 nitrogen and oxygen atoms in total. The predicted octanol–water partition coefficient (Wildman–Crippen LogP) is 3.32. The summed E-state index contributed by atoms with van der Waals surface area (Å²) in [7, 11) is 0. The summed E-state index contributed by atoms with van der Waals surface area (Å²) in [5, 5.41) is 14.8. The van der Waals surface area contributed by atoms with E-state index in [-0.39, 0.29) is 11.3 Å². The number of nitrogens with zero attached hydrogens (tertiary/aromatic N) is 2. The molecule has 0 aliphatic carbocycles. The Hall–Kier alpha value is -3.48. The van der Waals surface area contributed by atoms with Crippen molar-refractivity contribution in [3.63, 3.8) is 0 Å². The van der Waals surface area contributed by atoms with Crippen molar-refractivity contribution in [3.05, 3.63) is 72.3 Å². The molecule has 3 rings (SSSR count). The number of anilines is 3. The van der Waals surface area contributed by atoms with Gasteiger partial charge in [0, 0.05) is 29.8 Å². The largest absolute Gasteiger partial charge is 0.508 e. The number of hydrogen-bond acceptors (Lipinski definition) is 5. The number of carbonyl (C=O) groups is 1. The van der Waals surface area contributed by atoms with Crippen LogP contribution in [0.4, 0.5) is 21.7 Å². The Labute approximate surface area is 137 Å². The van der Waals surface area contributed by atoms with Crippen LogP contribution in [0, 0.1) is 5.82 Å². The van der Waals surface area contributed by atoms with Crippen molar-refractivity contribution in [2.75, 3.05) is 10.6 Å². The van der Waals surface area contributed by atoms with E-state index in [1.54, 1.807) is 42.7 Å². The highest BCUT2D eigenvalue weighted by atomic mass is 19.1. The van der Waals surface area contributed by atoms with Gasteiger partial charge in [0.15, 0.2) is 0 Å². The maximum absolute atomic E-state index is 13.7. The number of phenolic OH excluding ortho intramolecular Hbond substituents is 1. The van der Waals surface area contributed by atoms with Gasteiger partial charge < -0.3 is 15.7 Å². The molecule has 3 N–H and O–H groups in total. The molecule has 1 amide bonds. The topological polar surface area (TPSA) is 87.1 Å². The van der Waals surface area contributed by atoms with E-state index < -0.39 is 11.7 Å². The normalized spacial score (nSPS) is 10.2. The molecule has 1 aromatic heterocycles. The second kappa shape index (κ2) is 6.74. The highest BCUT2D eigenvalue weighted by molar-refractivity contribution is 6.04. The van der Waals surface area contributed by atoms with E-state index >= 15 is 0 Å². The molecule has 2 aromatic carbocycles. The molecule has 7 heteroatoms. The number of halogens is 1. The average molecular weight is 324 g/mol. The molecule has 0 unspecified atom stereocenters. The third kappa shape index (κ3) is 3.64. The van der Waals surface area contributed by atoms with Crippen LogP contribution in [-0.2, 0) is 0 Å². The second-order valence-corrected chi connectivity index (χ2v) is 4.89. The number of carbonyl (C=O) groups excluding carboxylic acids is 1. The predicted molar refractivity (Wildman–Crippen MR) is 87.8 cm³/mol. The van der Waals surface area contributed by atoms with Crippen molar-refractivity contribution in [2.45, 2.75) is 0 Å². The first kappa shape index (κ1) is 15.4. The van der Waals surface area contributed by atoms with Crippen LogP contribution in [0.15, 0.2) is 60.9 Å². The van der Waals surface area contributed by atoms with Gasteiger partial charge in [-0.2, -0.15) is 0 Å². The zero-order valence-corrected chi connectivity index (χ0v) is 12.4. The zero-order valence-electron chi connectivity index (χ0n) is 12.4. The number of aromatic nitrogens is 2. The maximum Gasteiger partial charge on any atom is 0.258 e. The monoisotopic (exact) mass is 324 g/mol. The van der Waals surface area contributed by atoms with Crippen LogP contribution in [0.1, 0.15) is 10.4 Å². The lowest BCUT2D eigenvalue weighted by atomic mass is 10.2. The lowest BCUT2D eigenvalue weighted by Crippen LogP contribution is -2.13. The number of aromatic hydroxyl groups is 1. The van der Waals surface area contributed by atoms with Crippen molar-refractivity contribution in [1.82, 2.24) is 9.97 Å². The number of rotatable bonds is 4. The van der Waals surface area contributed by atoms with Crippen LogP contribution < -0.4 is 10.6 Å². The number of nitrogens with one attached hydrogen (secondary N) is 2. The van der Waals surface area contributed by atoms with Gasteiger partial charge in [-0.1, -0.05) is 0 Å². The molecule has 0 saturated heterocycles. The van der Waals surface area contributed by atoms with Crippen LogP contribution in [0.25, 0.3) is 0 Å². The summed E-state index contributed by atoms with van der Waals surface area (Å²) in [6.07, 6.45) is 3.24. The van der Waals surface area contributed by atoms with Crippen LogP contribution in [0.2, 0.25) is 0 Å². The first-order valence-corrected chi connectivity index (χ1v) is 7.06. The molecule has 120 valence electrons. The summed E-state index contributed by atoms with van der Waals surface area (Å²) in [4.78, 5) is 20.1. The van der Waals surface area contributed by atoms with E-state index in [4.69, 9.17) is 0 Å². The van der Waals surface area contributed by atoms with Crippen molar-refractivity contribution >= 4 is 23.2 Å². The van der Waals surface area contributed by atoms with Crippen molar-refractivity contribution in [1.29, 1.82) is 0 Å². The lowest BCUT2D eigenvalue weighted by molar-refractivity contribution is 0.102. The molecule has 1 heterocycles. The summed E-state index contributed by atoms with van der Waals surface area (Å²) >= 11 is 0. The van der Waals surface area contributed by atoms with Gasteiger partial charge in [0.25, 0.3) is 5.91 Å². The molecule has 3 aromatic rings. The zero-order chi connectivity index (χ0) is 16.9. The minimum absolute atomic E-state index is 0.146. The molecule has 0 saturated carbocycles. The lowest BCUT2D eigenvalue weighted by Gasteiger charge is -2.08. The Morgan fingerprint density at radius 2 is 1.67 bits per heavy atom. The SMILES string of the molecule is O=C(Nc1ccc(Nc2ncccn2)cc1)c1ccc(O)cc1F. The summed E-state index contributed by atoms with van der Waals surface area (Å²) in [5.74, 6) is -1.16. The number of benzene rings is 2. The Morgan fingerprint density at radius 3 is 2.33 bits per heavy atom. The molecule has 0 atom stereocenters. The highest BCUT2D eigenvalue weighted by Gasteiger charge is 2.12. The quantitative estimate of drug-likeness (QED) is 0.685. The Kier molecular flexibility index (Phi) is 4.33. The minimum Gasteiger partial charge on any atom is -0.508 e. The van der Waals surface area contributed by atoms with Gasteiger partial charge in [-0.05, 0) is 42.5 Å². The molecule has 0 aliphatic heterocycles. The fraction of sp³-hybridized carbons (Fsp3) is 0. The van der Waals surface area contributed by atoms with Crippen LogP contribution in [-0.4, -0.2) is 21.0 Å². The molecule has 0 radical (unpaired) electrons. The fourth-order valence-electron chi connectivity index (χ4n) is 2.02. The van der Waals surface area contributed by atoms with E-state index in [0.717, 1.165) is 11.8 Å². The third-order valence-corrected chi connectivity index (χ3v) is 3.16. The maximum atomic E-state index is 13.7. The van der Waals surface area contributed by atoms with E-state index in [1.165, 1.54) is 12.1 Å². The van der Waals surface area contributed by atoms with E-state index in [2.05, 4.69) is 20.6 Å². The van der Waals surface area contributed by atoms with E-state index in [9.17, 15) is 14.3 Å². The summed E-state index contributed by atoms with van der Waals surface area (Å²) in [5.41, 5.74) is 1.11. The number of hydrogen-bond donors (Lipinski definition) is 3. The third-order valence-electron chi connectivity index (χ3n) is 3.16. The minimum atomic E-state index is -0.785. The molecule has 0 spiro atoms. The molecule has 0 bridgehead atoms. The smallest absolute Gasteiger partial charge is 0.258 e. The molecule has 24 heavy (non-hydrogen) atoms. The molecule has 0 fully saturated rings. The first-order chi connectivity index (χ1) is 11.6. The first-order valence-electron chi connectivity index (χ1n) is 7.06. The Balaban J connectivity index is 1.68.